The first-order chi connectivity index (χ1) is 8.15. The summed E-state index contributed by atoms with van der Waals surface area (Å²) in [6.07, 6.45) is 0.354. The van der Waals surface area contributed by atoms with Crippen molar-refractivity contribution in [2.75, 3.05) is 12.4 Å². The van der Waals surface area contributed by atoms with Crippen molar-refractivity contribution in [3.05, 3.63) is 29.8 Å². The van der Waals surface area contributed by atoms with Crippen molar-refractivity contribution in [3.8, 4) is 0 Å². The van der Waals surface area contributed by atoms with Gasteiger partial charge in [0.15, 0.2) is 5.11 Å². The number of carbonyl (C=O) groups excluding carboxylic acids is 1. The fraction of sp³-hybridized carbons (Fsp3) is 0.273. The minimum Gasteiger partial charge on any atom is -0.452 e. The van der Waals surface area contributed by atoms with E-state index in [9.17, 15) is 4.79 Å². The molecule has 0 aliphatic rings. The highest BCUT2D eigenvalue weighted by atomic mass is 32.1. The molecule has 0 bridgehead atoms. The van der Waals surface area contributed by atoms with Gasteiger partial charge in [-0.3, -0.25) is 5.43 Å². The van der Waals surface area contributed by atoms with Crippen molar-refractivity contribution in [1.29, 1.82) is 0 Å². The molecule has 0 heterocycles. The van der Waals surface area contributed by atoms with Gasteiger partial charge in [0.2, 0.25) is 0 Å². The Bertz CT molecular complexity index is 409. The lowest BCUT2D eigenvalue weighted by Gasteiger charge is -2.11. The van der Waals surface area contributed by atoms with Crippen LogP contribution in [0.25, 0.3) is 0 Å². The number of rotatable bonds is 2. The average Bonchev–Trinajstić information content (AvgIpc) is 2.36. The second-order valence-electron chi connectivity index (χ2n) is 3.25. The molecule has 0 unspecified atom stereocenters. The van der Waals surface area contributed by atoms with Crippen molar-refractivity contribution in [2.45, 2.75) is 13.3 Å². The van der Waals surface area contributed by atoms with E-state index < -0.39 is 6.09 Å². The molecule has 1 aromatic rings. The van der Waals surface area contributed by atoms with Crippen LogP contribution < -0.4 is 16.2 Å². The third-order valence-corrected chi connectivity index (χ3v) is 2.26. The largest absolute Gasteiger partial charge is 0.452 e. The number of anilines is 1. The van der Waals surface area contributed by atoms with E-state index in [0.717, 1.165) is 12.1 Å². The monoisotopic (exact) mass is 253 g/mol. The standard InChI is InChI=1S/C11H15N3O2S/c1-3-8-5-4-6-9(7-8)12-10(17)13-14-11(15)16-2/h4-7H,3H2,1-2H3,(H,14,15)(H2,12,13,17). The third kappa shape index (κ3) is 4.69. The van der Waals surface area contributed by atoms with Crippen molar-refractivity contribution in [1.82, 2.24) is 10.9 Å². The molecule has 0 aliphatic heterocycles. The maximum absolute atomic E-state index is 10.8. The van der Waals surface area contributed by atoms with Gasteiger partial charge in [-0.05, 0) is 36.3 Å². The molecule has 17 heavy (non-hydrogen) atoms. The molecule has 3 N–H and O–H groups in total. The summed E-state index contributed by atoms with van der Waals surface area (Å²) in [5.41, 5.74) is 6.86. The van der Waals surface area contributed by atoms with E-state index in [-0.39, 0.29) is 0 Å². The van der Waals surface area contributed by atoms with Crippen molar-refractivity contribution < 1.29 is 9.53 Å². The number of nitrogens with one attached hydrogen (secondary N) is 3. The summed E-state index contributed by atoms with van der Waals surface area (Å²) in [5.74, 6) is 0. The van der Waals surface area contributed by atoms with E-state index >= 15 is 0 Å². The zero-order valence-corrected chi connectivity index (χ0v) is 10.6. The quantitative estimate of drug-likeness (QED) is 0.554. The van der Waals surface area contributed by atoms with E-state index in [1.807, 2.05) is 24.3 Å². The number of benzene rings is 1. The van der Waals surface area contributed by atoms with E-state index in [2.05, 4.69) is 27.8 Å². The van der Waals surface area contributed by atoms with Crippen LogP contribution in [0.3, 0.4) is 0 Å². The Morgan fingerprint density at radius 3 is 2.82 bits per heavy atom. The SMILES string of the molecule is CCc1cccc(NC(=S)NNC(=O)OC)c1. The van der Waals surface area contributed by atoms with Crippen molar-refractivity contribution in [2.24, 2.45) is 0 Å². The summed E-state index contributed by atoms with van der Waals surface area (Å²) in [6, 6.07) is 7.86. The number of aryl methyl sites for hydroxylation is 1. The summed E-state index contributed by atoms with van der Waals surface area (Å²) in [4.78, 5) is 10.8. The number of hydrogen-bond acceptors (Lipinski definition) is 3. The summed E-state index contributed by atoms with van der Waals surface area (Å²) in [6.45, 7) is 2.08. The first-order valence-electron chi connectivity index (χ1n) is 5.15. The van der Waals surface area contributed by atoms with Gasteiger partial charge in [0.05, 0.1) is 7.11 Å². The van der Waals surface area contributed by atoms with E-state index in [4.69, 9.17) is 12.2 Å². The Balaban J connectivity index is 2.47. The second-order valence-corrected chi connectivity index (χ2v) is 3.66. The number of amides is 1. The smallest absolute Gasteiger partial charge is 0.425 e. The van der Waals surface area contributed by atoms with Gasteiger partial charge in [-0.15, -0.1) is 0 Å². The number of carbonyl (C=O) groups is 1. The molecule has 1 rings (SSSR count). The number of thiocarbonyl (C=S) groups is 1. The second kappa shape index (κ2) is 6.70. The molecular weight excluding hydrogens is 238 g/mol. The summed E-state index contributed by atoms with van der Waals surface area (Å²) in [5, 5.41) is 3.24. The maximum Gasteiger partial charge on any atom is 0.425 e. The number of methoxy groups -OCH3 is 1. The average molecular weight is 253 g/mol. The lowest BCUT2D eigenvalue weighted by molar-refractivity contribution is 0.169. The van der Waals surface area contributed by atoms with Gasteiger partial charge in [-0.1, -0.05) is 19.1 Å². The van der Waals surface area contributed by atoms with Crippen LogP contribution in [-0.4, -0.2) is 18.3 Å². The third-order valence-electron chi connectivity index (χ3n) is 2.06. The van der Waals surface area contributed by atoms with E-state index in [0.29, 0.717) is 5.11 Å². The van der Waals surface area contributed by atoms with Crippen molar-refractivity contribution >= 4 is 29.1 Å². The van der Waals surface area contributed by atoms with E-state index in [1.54, 1.807) is 0 Å². The highest BCUT2D eigenvalue weighted by Gasteiger charge is 2.00. The van der Waals surface area contributed by atoms with Gasteiger partial charge < -0.3 is 10.1 Å². The van der Waals surface area contributed by atoms with Crippen LogP contribution in [0, 0.1) is 0 Å². The highest BCUT2D eigenvalue weighted by molar-refractivity contribution is 7.80. The van der Waals surface area contributed by atoms with Crippen LogP contribution in [0.2, 0.25) is 0 Å². The molecule has 1 aromatic carbocycles. The Kier molecular flexibility index (Phi) is 5.22. The molecule has 0 atom stereocenters. The topological polar surface area (TPSA) is 62.4 Å². The minimum atomic E-state index is -0.601. The molecule has 6 heteroatoms. The summed E-state index contributed by atoms with van der Waals surface area (Å²) < 4.78 is 4.39. The number of hydrazine groups is 1. The van der Waals surface area contributed by atoms with Gasteiger partial charge in [0.1, 0.15) is 0 Å². The zero-order valence-electron chi connectivity index (χ0n) is 9.74. The van der Waals surface area contributed by atoms with Crippen molar-refractivity contribution in [3.63, 3.8) is 0 Å². The Morgan fingerprint density at radius 1 is 1.41 bits per heavy atom. The lowest BCUT2D eigenvalue weighted by atomic mass is 10.1. The Labute approximate surface area is 106 Å². The normalized spacial score (nSPS) is 9.29. The predicted octanol–water partition coefficient (Wildman–Crippen LogP) is 1.81. The summed E-state index contributed by atoms with van der Waals surface area (Å²) in [7, 11) is 1.28. The van der Waals surface area contributed by atoms with Crippen LogP contribution >= 0.6 is 12.2 Å². The molecule has 0 radical (unpaired) electrons. The first kappa shape index (κ1) is 13.2. The summed E-state index contributed by atoms with van der Waals surface area (Å²) >= 11 is 4.99. The minimum absolute atomic E-state index is 0.295. The molecule has 1 amide bonds. The fourth-order valence-electron chi connectivity index (χ4n) is 1.19. The van der Waals surface area contributed by atoms with E-state index in [1.165, 1.54) is 12.7 Å². The molecule has 0 fully saturated rings. The van der Waals surface area contributed by atoms with Crippen LogP contribution in [-0.2, 0) is 11.2 Å². The molecule has 0 aliphatic carbocycles. The Hall–Kier alpha value is -1.82. The van der Waals surface area contributed by atoms with Crippen LogP contribution in [0.5, 0.6) is 0 Å². The van der Waals surface area contributed by atoms with Crippen LogP contribution in [0.15, 0.2) is 24.3 Å². The molecule has 5 nitrogen and oxygen atoms in total. The molecule has 0 saturated carbocycles. The van der Waals surface area contributed by atoms with Crippen LogP contribution in [0.4, 0.5) is 10.5 Å². The van der Waals surface area contributed by atoms with Gasteiger partial charge in [-0.2, -0.15) is 0 Å². The predicted molar refractivity (Wildman–Crippen MR) is 70.7 cm³/mol. The van der Waals surface area contributed by atoms with Gasteiger partial charge in [0.25, 0.3) is 0 Å². The Morgan fingerprint density at radius 2 is 2.18 bits per heavy atom. The maximum atomic E-state index is 10.8. The number of ether oxygens (including phenoxy) is 1. The van der Waals surface area contributed by atoms with Gasteiger partial charge in [0, 0.05) is 5.69 Å². The molecule has 92 valence electrons. The zero-order chi connectivity index (χ0) is 12.7. The molecular formula is C11H15N3O2S. The lowest BCUT2D eigenvalue weighted by Crippen LogP contribution is -2.43. The van der Waals surface area contributed by atoms with Gasteiger partial charge in [-0.25, -0.2) is 10.2 Å². The first-order valence-corrected chi connectivity index (χ1v) is 5.56. The van der Waals surface area contributed by atoms with Gasteiger partial charge >= 0.3 is 6.09 Å². The molecule has 0 aromatic heterocycles. The molecule has 0 saturated heterocycles. The highest BCUT2D eigenvalue weighted by Crippen LogP contribution is 2.10. The van der Waals surface area contributed by atoms with Crippen LogP contribution in [0.1, 0.15) is 12.5 Å². The number of hydrogen-bond donors (Lipinski definition) is 3. The fourth-order valence-corrected chi connectivity index (χ4v) is 1.36. The molecule has 0 spiro atoms.